The summed E-state index contributed by atoms with van der Waals surface area (Å²) in [5, 5.41) is 12.9. The lowest BCUT2D eigenvalue weighted by Gasteiger charge is -2.15. The molecule has 4 heteroatoms. The van der Waals surface area contributed by atoms with E-state index in [0.717, 1.165) is 19.4 Å². The Labute approximate surface area is 125 Å². The van der Waals surface area contributed by atoms with Crippen molar-refractivity contribution in [2.45, 2.75) is 51.2 Å². The van der Waals surface area contributed by atoms with E-state index in [1.165, 1.54) is 24.1 Å². The second-order valence-electron chi connectivity index (χ2n) is 6.01. The average Bonchev–Trinajstić information content (AvgIpc) is 3.23. The third-order valence-corrected chi connectivity index (χ3v) is 4.12. The largest absolute Gasteiger partial charge is 0.508 e. The van der Waals surface area contributed by atoms with Crippen LogP contribution in [0, 0.1) is 0 Å². The SMILES string of the molecule is CC(CCc1ccc(O)cc1)NCc1cncn1C1CC1. The number of benzene rings is 1. The Bertz CT molecular complexity index is 572. The van der Waals surface area contributed by atoms with Crippen molar-refractivity contribution in [2.24, 2.45) is 0 Å². The Morgan fingerprint density at radius 1 is 1.33 bits per heavy atom. The molecule has 1 aliphatic carbocycles. The molecule has 1 fully saturated rings. The molecular formula is C17H23N3O. The molecule has 0 radical (unpaired) electrons. The van der Waals surface area contributed by atoms with Gasteiger partial charge in [0, 0.05) is 24.8 Å². The first-order valence-electron chi connectivity index (χ1n) is 7.74. The van der Waals surface area contributed by atoms with Crippen LogP contribution in [0.4, 0.5) is 0 Å². The van der Waals surface area contributed by atoms with Gasteiger partial charge in [-0.15, -0.1) is 0 Å². The molecule has 1 saturated carbocycles. The zero-order valence-electron chi connectivity index (χ0n) is 12.5. The van der Waals surface area contributed by atoms with Crippen molar-refractivity contribution in [3.8, 4) is 5.75 Å². The fraction of sp³-hybridized carbons (Fsp3) is 0.471. The molecule has 0 saturated heterocycles. The zero-order chi connectivity index (χ0) is 14.7. The van der Waals surface area contributed by atoms with Crippen molar-refractivity contribution in [1.29, 1.82) is 0 Å². The summed E-state index contributed by atoms with van der Waals surface area (Å²) in [6.45, 7) is 3.10. The molecule has 4 nitrogen and oxygen atoms in total. The molecule has 21 heavy (non-hydrogen) atoms. The molecule has 1 aliphatic rings. The van der Waals surface area contributed by atoms with Gasteiger partial charge >= 0.3 is 0 Å². The number of phenolic OH excluding ortho intramolecular Hbond substituents is 1. The van der Waals surface area contributed by atoms with E-state index < -0.39 is 0 Å². The Morgan fingerprint density at radius 3 is 2.81 bits per heavy atom. The van der Waals surface area contributed by atoms with E-state index in [1.54, 1.807) is 12.1 Å². The van der Waals surface area contributed by atoms with Gasteiger partial charge in [-0.1, -0.05) is 12.1 Å². The highest BCUT2D eigenvalue weighted by molar-refractivity contribution is 5.25. The maximum Gasteiger partial charge on any atom is 0.115 e. The average molecular weight is 285 g/mol. The lowest BCUT2D eigenvalue weighted by atomic mass is 10.1. The van der Waals surface area contributed by atoms with Gasteiger partial charge in [0.05, 0.1) is 12.0 Å². The van der Waals surface area contributed by atoms with Gasteiger partial charge in [-0.2, -0.15) is 0 Å². The number of nitrogens with zero attached hydrogens (tertiary/aromatic N) is 2. The third kappa shape index (κ3) is 3.85. The van der Waals surface area contributed by atoms with Crippen molar-refractivity contribution in [2.75, 3.05) is 0 Å². The topological polar surface area (TPSA) is 50.1 Å². The second kappa shape index (κ2) is 6.31. The van der Waals surface area contributed by atoms with Gasteiger partial charge < -0.3 is 15.0 Å². The molecule has 2 N–H and O–H groups in total. The first-order chi connectivity index (χ1) is 10.2. The molecule has 3 rings (SSSR count). The molecule has 1 heterocycles. The molecular weight excluding hydrogens is 262 g/mol. The van der Waals surface area contributed by atoms with Gasteiger partial charge in [-0.05, 0) is 50.3 Å². The summed E-state index contributed by atoms with van der Waals surface area (Å²) in [5.41, 5.74) is 2.55. The Balaban J connectivity index is 1.44. The van der Waals surface area contributed by atoms with Crippen LogP contribution in [0.15, 0.2) is 36.8 Å². The summed E-state index contributed by atoms with van der Waals surface area (Å²) >= 11 is 0. The van der Waals surface area contributed by atoms with Crippen molar-refractivity contribution >= 4 is 0 Å². The number of nitrogens with one attached hydrogen (secondary N) is 1. The van der Waals surface area contributed by atoms with Gasteiger partial charge in [-0.3, -0.25) is 0 Å². The molecule has 112 valence electrons. The van der Waals surface area contributed by atoms with Gasteiger partial charge in [0.1, 0.15) is 5.75 Å². The summed E-state index contributed by atoms with van der Waals surface area (Å²) in [7, 11) is 0. The number of hydrogen-bond donors (Lipinski definition) is 2. The van der Waals surface area contributed by atoms with Gasteiger partial charge in [0.25, 0.3) is 0 Å². The zero-order valence-corrected chi connectivity index (χ0v) is 12.5. The Hall–Kier alpha value is -1.81. The predicted octanol–water partition coefficient (Wildman–Crippen LogP) is 3.03. The number of aromatic nitrogens is 2. The second-order valence-corrected chi connectivity index (χ2v) is 6.01. The minimum Gasteiger partial charge on any atom is -0.508 e. The maximum absolute atomic E-state index is 9.28. The highest BCUT2D eigenvalue weighted by atomic mass is 16.3. The van der Waals surface area contributed by atoms with Gasteiger partial charge in [0.15, 0.2) is 0 Å². The summed E-state index contributed by atoms with van der Waals surface area (Å²) in [6.07, 6.45) is 8.62. The number of rotatable bonds is 7. The molecule has 0 aliphatic heterocycles. The highest BCUT2D eigenvalue weighted by Crippen LogP contribution is 2.35. The Kier molecular flexibility index (Phi) is 4.25. The first kappa shape index (κ1) is 14.1. The number of aryl methyl sites for hydroxylation is 1. The van der Waals surface area contributed by atoms with E-state index in [2.05, 4.69) is 21.8 Å². The lowest BCUT2D eigenvalue weighted by molar-refractivity contribution is 0.474. The highest BCUT2D eigenvalue weighted by Gasteiger charge is 2.25. The molecule has 1 aromatic heterocycles. The van der Waals surface area contributed by atoms with Crippen molar-refractivity contribution in [1.82, 2.24) is 14.9 Å². The minimum absolute atomic E-state index is 0.332. The van der Waals surface area contributed by atoms with Crippen LogP contribution in [-0.2, 0) is 13.0 Å². The molecule has 0 bridgehead atoms. The molecule has 2 aromatic rings. The predicted molar refractivity (Wildman–Crippen MR) is 83.2 cm³/mol. The molecule has 1 aromatic carbocycles. The standard InChI is InChI=1S/C17H23N3O/c1-13(2-3-14-4-8-17(21)9-5-14)19-11-16-10-18-12-20(16)15-6-7-15/h4-5,8-10,12-13,15,19,21H,2-3,6-7,11H2,1H3. The van der Waals surface area contributed by atoms with Crippen LogP contribution >= 0.6 is 0 Å². The summed E-state index contributed by atoms with van der Waals surface area (Å²) < 4.78 is 2.31. The molecule has 0 spiro atoms. The van der Waals surface area contributed by atoms with Crippen molar-refractivity contribution in [3.05, 3.63) is 48.0 Å². The number of aromatic hydroxyl groups is 1. The van der Waals surface area contributed by atoms with E-state index in [-0.39, 0.29) is 0 Å². The van der Waals surface area contributed by atoms with E-state index in [0.29, 0.717) is 17.8 Å². The van der Waals surface area contributed by atoms with Crippen LogP contribution in [0.1, 0.15) is 43.5 Å². The summed E-state index contributed by atoms with van der Waals surface area (Å²) in [4.78, 5) is 4.26. The maximum atomic E-state index is 9.28. The van der Waals surface area contributed by atoms with Crippen molar-refractivity contribution in [3.63, 3.8) is 0 Å². The fourth-order valence-electron chi connectivity index (χ4n) is 2.58. The minimum atomic E-state index is 0.332. The van der Waals surface area contributed by atoms with Crippen LogP contribution < -0.4 is 5.32 Å². The third-order valence-electron chi connectivity index (χ3n) is 4.12. The van der Waals surface area contributed by atoms with Crippen LogP contribution in [0.5, 0.6) is 5.75 Å². The van der Waals surface area contributed by atoms with E-state index in [4.69, 9.17) is 0 Å². The first-order valence-corrected chi connectivity index (χ1v) is 7.74. The van der Waals surface area contributed by atoms with Crippen LogP contribution in [-0.4, -0.2) is 20.7 Å². The number of imidazole rings is 1. The lowest BCUT2D eigenvalue weighted by Crippen LogP contribution is -2.27. The van der Waals surface area contributed by atoms with Crippen LogP contribution in [0.25, 0.3) is 0 Å². The van der Waals surface area contributed by atoms with Crippen molar-refractivity contribution < 1.29 is 5.11 Å². The summed E-state index contributed by atoms with van der Waals surface area (Å²) in [6, 6.07) is 8.63. The molecule has 1 unspecified atom stereocenters. The van der Waals surface area contributed by atoms with Crippen LogP contribution in [0.3, 0.4) is 0 Å². The monoisotopic (exact) mass is 285 g/mol. The van der Waals surface area contributed by atoms with Gasteiger partial charge in [0.2, 0.25) is 0 Å². The fourth-order valence-corrected chi connectivity index (χ4v) is 2.58. The quantitative estimate of drug-likeness (QED) is 0.822. The summed E-state index contributed by atoms with van der Waals surface area (Å²) in [5.74, 6) is 0.332. The smallest absolute Gasteiger partial charge is 0.115 e. The molecule has 1 atom stereocenters. The van der Waals surface area contributed by atoms with Crippen LogP contribution in [0.2, 0.25) is 0 Å². The molecule has 0 amide bonds. The Morgan fingerprint density at radius 2 is 2.10 bits per heavy atom. The van der Waals surface area contributed by atoms with E-state index in [9.17, 15) is 5.11 Å². The van der Waals surface area contributed by atoms with E-state index in [1.807, 2.05) is 24.7 Å². The van der Waals surface area contributed by atoms with Gasteiger partial charge in [-0.25, -0.2) is 4.98 Å². The number of phenols is 1. The number of hydrogen-bond acceptors (Lipinski definition) is 3. The van der Waals surface area contributed by atoms with E-state index >= 15 is 0 Å². The normalized spacial score (nSPS) is 16.0.